The summed E-state index contributed by atoms with van der Waals surface area (Å²) in [4.78, 5) is 39.8. The summed E-state index contributed by atoms with van der Waals surface area (Å²) in [5.74, 6) is 0.369. The third-order valence-corrected chi connectivity index (χ3v) is 6.22. The fraction of sp³-hybridized carbons (Fsp3) is 0.400. The van der Waals surface area contributed by atoms with Crippen LogP contribution in [0, 0.1) is 0 Å². The Morgan fingerprint density at radius 2 is 1.77 bits per heavy atom. The van der Waals surface area contributed by atoms with E-state index in [0.717, 1.165) is 25.7 Å². The first-order chi connectivity index (χ1) is 15.0. The molecule has 0 spiro atoms. The third kappa shape index (κ3) is 4.79. The number of carbonyl (C=O) groups excluding carboxylic acids is 3. The number of carbonyl (C=O) groups is 3. The first kappa shape index (κ1) is 21.1. The summed E-state index contributed by atoms with van der Waals surface area (Å²) >= 11 is 0. The number of Topliss-reactive ketones (excluding diaryl/α,β-unsaturated/α-hetero) is 1. The predicted octanol–water partition coefficient (Wildman–Crippen LogP) is 3.78. The monoisotopic (exact) mass is 420 g/mol. The molecule has 0 bridgehead atoms. The van der Waals surface area contributed by atoms with E-state index in [4.69, 9.17) is 4.74 Å². The minimum atomic E-state index is -0.496. The van der Waals surface area contributed by atoms with Gasteiger partial charge in [-0.2, -0.15) is 0 Å². The standard InChI is InChI=1S/C25H28N2O4/c1-31-21-11-9-20(10-12-21)26-25(30)22-6-3-15-27(22)24(29)14-13-23(28)19-8-7-17-4-2-5-18(17)16-19/h7-12,16,22H,2-6,13-15H2,1H3,(H,26,30). The van der Waals surface area contributed by atoms with E-state index in [1.165, 1.54) is 11.1 Å². The molecule has 2 amide bonds. The van der Waals surface area contributed by atoms with Crippen LogP contribution in [-0.4, -0.2) is 42.2 Å². The maximum absolute atomic E-state index is 12.8. The van der Waals surface area contributed by atoms with Crippen molar-refractivity contribution < 1.29 is 19.1 Å². The number of anilines is 1. The zero-order valence-electron chi connectivity index (χ0n) is 17.9. The first-order valence-corrected chi connectivity index (χ1v) is 10.9. The van der Waals surface area contributed by atoms with Crippen molar-refractivity contribution in [3.8, 4) is 5.75 Å². The number of nitrogens with zero attached hydrogens (tertiary/aromatic N) is 1. The Morgan fingerprint density at radius 1 is 1.00 bits per heavy atom. The fourth-order valence-electron chi connectivity index (χ4n) is 4.49. The van der Waals surface area contributed by atoms with Crippen molar-refractivity contribution in [1.29, 1.82) is 0 Å². The van der Waals surface area contributed by atoms with Gasteiger partial charge in [0.2, 0.25) is 11.8 Å². The lowest BCUT2D eigenvalue weighted by atomic mass is 10.0. The minimum Gasteiger partial charge on any atom is -0.497 e. The number of hydrogen-bond donors (Lipinski definition) is 1. The summed E-state index contributed by atoms with van der Waals surface area (Å²) in [6.07, 6.45) is 4.95. The van der Waals surface area contributed by atoms with E-state index in [1.54, 1.807) is 36.3 Å². The van der Waals surface area contributed by atoms with E-state index in [0.29, 0.717) is 30.0 Å². The van der Waals surface area contributed by atoms with Gasteiger partial charge in [-0.3, -0.25) is 14.4 Å². The zero-order valence-corrected chi connectivity index (χ0v) is 17.9. The van der Waals surface area contributed by atoms with Gasteiger partial charge in [0.15, 0.2) is 5.78 Å². The quantitative estimate of drug-likeness (QED) is 0.692. The van der Waals surface area contributed by atoms with E-state index in [9.17, 15) is 14.4 Å². The maximum atomic E-state index is 12.8. The Labute approximate surface area is 182 Å². The molecule has 2 aromatic carbocycles. The molecule has 6 nitrogen and oxygen atoms in total. The highest BCUT2D eigenvalue weighted by Gasteiger charge is 2.34. The van der Waals surface area contributed by atoms with Crippen molar-refractivity contribution >= 4 is 23.3 Å². The molecule has 162 valence electrons. The van der Waals surface area contributed by atoms with Crippen LogP contribution < -0.4 is 10.1 Å². The number of nitrogens with one attached hydrogen (secondary N) is 1. The second-order valence-electron chi connectivity index (χ2n) is 8.22. The number of ether oxygens (including phenoxy) is 1. The van der Waals surface area contributed by atoms with Gasteiger partial charge in [0.05, 0.1) is 7.11 Å². The highest BCUT2D eigenvalue weighted by Crippen LogP contribution is 2.25. The Bertz CT molecular complexity index is 984. The van der Waals surface area contributed by atoms with Crippen molar-refractivity contribution in [1.82, 2.24) is 4.90 Å². The van der Waals surface area contributed by atoms with Gasteiger partial charge in [0, 0.05) is 30.6 Å². The normalized spacial score (nSPS) is 17.3. The van der Waals surface area contributed by atoms with Crippen molar-refractivity contribution in [2.75, 3.05) is 19.0 Å². The molecular formula is C25H28N2O4. The largest absolute Gasteiger partial charge is 0.497 e. The average Bonchev–Trinajstić information content (AvgIpc) is 3.46. The molecule has 1 N–H and O–H groups in total. The number of methoxy groups -OCH3 is 1. The van der Waals surface area contributed by atoms with Gasteiger partial charge in [0.1, 0.15) is 11.8 Å². The number of likely N-dealkylation sites (tertiary alicyclic amines) is 1. The SMILES string of the molecule is COc1ccc(NC(=O)C2CCCN2C(=O)CCC(=O)c2ccc3c(c2)CCC3)cc1. The van der Waals surface area contributed by atoms with Crippen LogP contribution in [0.15, 0.2) is 42.5 Å². The Hall–Kier alpha value is -3.15. The number of amides is 2. The van der Waals surface area contributed by atoms with Crippen molar-refractivity contribution in [2.45, 2.75) is 51.0 Å². The average molecular weight is 421 g/mol. The lowest BCUT2D eigenvalue weighted by molar-refractivity contribution is -0.136. The molecule has 1 unspecified atom stereocenters. The van der Waals surface area contributed by atoms with Crippen LogP contribution >= 0.6 is 0 Å². The first-order valence-electron chi connectivity index (χ1n) is 10.9. The predicted molar refractivity (Wildman–Crippen MR) is 118 cm³/mol. The summed E-state index contributed by atoms with van der Waals surface area (Å²) in [7, 11) is 1.59. The molecule has 1 aliphatic heterocycles. The molecular weight excluding hydrogens is 392 g/mol. The highest BCUT2D eigenvalue weighted by molar-refractivity contribution is 6.00. The number of hydrogen-bond acceptors (Lipinski definition) is 4. The zero-order chi connectivity index (χ0) is 21.8. The molecule has 6 heteroatoms. The highest BCUT2D eigenvalue weighted by atomic mass is 16.5. The van der Waals surface area contributed by atoms with E-state index in [1.807, 2.05) is 18.2 Å². The van der Waals surface area contributed by atoms with Gasteiger partial charge in [-0.05, 0) is 73.6 Å². The molecule has 1 heterocycles. The van der Waals surface area contributed by atoms with Gasteiger partial charge in [-0.15, -0.1) is 0 Å². The Kier molecular flexibility index (Phi) is 6.35. The third-order valence-electron chi connectivity index (χ3n) is 6.22. The smallest absolute Gasteiger partial charge is 0.247 e. The summed E-state index contributed by atoms with van der Waals surface area (Å²) in [5, 5.41) is 2.88. The van der Waals surface area contributed by atoms with Gasteiger partial charge in [-0.1, -0.05) is 12.1 Å². The summed E-state index contributed by atoms with van der Waals surface area (Å²) in [6.45, 7) is 0.548. The maximum Gasteiger partial charge on any atom is 0.247 e. The van der Waals surface area contributed by atoms with Crippen LogP contribution in [0.4, 0.5) is 5.69 Å². The van der Waals surface area contributed by atoms with Gasteiger partial charge in [-0.25, -0.2) is 0 Å². The molecule has 31 heavy (non-hydrogen) atoms. The van der Waals surface area contributed by atoms with Crippen LogP contribution in [0.3, 0.4) is 0 Å². The molecule has 0 saturated carbocycles. The molecule has 0 radical (unpaired) electrons. The Balaban J connectivity index is 1.32. The lowest BCUT2D eigenvalue weighted by Gasteiger charge is -2.24. The second kappa shape index (κ2) is 9.33. The summed E-state index contributed by atoms with van der Waals surface area (Å²) in [5.41, 5.74) is 3.93. The molecule has 1 saturated heterocycles. The lowest BCUT2D eigenvalue weighted by Crippen LogP contribution is -2.43. The van der Waals surface area contributed by atoms with Gasteiger partial charge in [0.25, 0.3) is 0 Å². The summed E-state index contributed by atoms with van der Waals surface area (Å²) < 4.78 is 5.13. The molecule has 1 aliphatic carbocycles. The van der Waals surface area contributed by atoms with Crippen molar-refractivity contribution in [2.24, 2.45) is 0 Å². The number of aryl methyl sites for hydroxylation is 2. The van der Waals surface area contributed by atoms with Gasteiger partial charge >= 0.3 is 0 Å². The number of ketones is 1. The Morgan fingerprint density at radius 3 is 2.55 bits per heavy atom. The van der Waals surface area contributed by atoms with Crippen LogP contribution in [0.2, 0.25) is 0 Å². The van der Waals surface area contributed by atoms with Gasteiger partial charge < -0.3 is 15.0 Å². The van der Waals surface area contributed by atoms with Crippen LogP contribution in [0.5, 0.6) is 5.75 Å². The van der Waals surface area contributed by atoms with E-state index in [2.05, 4.69) is 5.32 Å². The molecule has 2 aliphatic rings. The van der Waals surface area contributed by atoms with Crippen LogP contribution in [0.1, 0.15) is 53.6 Å². The van der Waals surface area contributed by atoms with Crippen LogP contribution in [-0.2, 0) is 22.4 Å². The van der Waals surface area contributed by atoms with E-state index >= 15 is 0 Å². The molecule has 0 aromatic heterocycles. The minimum absolute atomic E-state index is 0.0125. The molecule has 2 aromatic rings. The van der Waals surface area contributed by atoms with E-state index in [-0.39, 0.29) is 30.4 Å². The second-order valence-corrected chi connectivity index (χ2v) is 8.22. The molecule has 4 rings (SSSR count). The van der Waals surface area contributed by atoms with Crippen molar-refractivity contribution in [3.63, 3.8) is 0 Å². The fourth-order valence-corrected chi connectivity index (χ4v) is 4.49. The summed E-state index contributed by atoms with van der Waals surface area (Å²) in [6, 6.07) is 12.5. The topological polar surface area (TPSA) is 75.7 Å². The van der Waals surface area contributed by atoms with E-state index < -0.39 is 6.04 Å². The number of benzene rings is 2. The van der Waals surface area contributed by atoms with Crippen LogP contribution in [0.25, 0.3) is 0 Å². The number of rotatable bonds is 7. The number of fused-ring (bicyclic) bond motifs is 1. The molecule has 1 atom stereocenters. The molecule has 1 fully saturated rings. The van der Waals surface area contributed by atoms with Crippen molar-refractivity contribution in [3.05, 3.63) is 59.2 Å².